The molecule has 1 aliphatic rings. The second kappa shape index (κ2) is 8.34. The van der Waals surface area contributed by atoms with Crippen molar-refractivity contribution in [3.05, 3.63) is 29.3 Å². The first kappa shape index (κ1) is 17.8. The molecule has 1 aromatic rings. The molecule has 0 bridgehead atoms. The number of hydrogen-bond acceptors (Lipinski definition) is 3. The van der Waals surface area contributed by atoms with E-state index in [1.165, 1.54) is 11.1 Å². The molecule has 1 unspecified atom stereocenters. The lowest BCUT2D eigenvalue weighted by Crippen LogP contribution is -2.46. The third-order valence-corrected chi connectivity index (χ3v) is 4.71. The van der Waals surface area contributed by atoms with Gasteiger partial charge in [0.25, 0.3) is 0 Å². The summed E-state index contributed by atoms with van der Waals surface area (Å²) < 4.78 is 5.45. The molecule has 0 radical (unpaired) electrons. The Labute approximate surface area is 140 Å². The van der Waals surface area contributed by atoms with Crippen LogP contribution in [0.2, 0.25) is 0 Å². The van der Waals surface area contributed by atoms with Crippen molar-refractivity contribution < 1.29 is 9.53 Å². The Hall–Kier alpha value is -1.55. The highest BCUT2D eigenvalue weighted by Gasteiger charge is 2.18. The number of amides is 1. The van der Waals surface area contributed by atoms with Crippen LogP contribution < -0.4 is 10.1 Å². The van der Waals surface area contributed by atoms with Crippen LogP contribution in [0.5, 0.6) is 5.75 Å². The van der Waals surface area contributed by atoms with Gasteiger partial charge in [-0.05, 0) is 35.4 Å². The van der Waals surface area contributed by atoms with Crippen molar-refractivity contribution in [3.8, 4) is 5.75 Å². The number of hydrogen-bond donors (Lipinski definition) is 1. The predicted octanol–water partition coefficient (Wildman–Crippen LogP) is 3.13. The number of nitrogens with zero attached hydrogens (tertiary/aromatic N) is 1. The van der Waals surface area contributed by atoms with Crippen molar-refractivity contribution in [3.63, 3.8) is 0 Å². The van der Waals surface area contributed by atoms with E-state index < -0.39 is 0 Å². The van der Waals surface area contributed by atoms with E-state index >= 15 is 0 Å². The van der Waals surface area contributed by atoms with Crippen molar-refractivity contribution in [2.45, 2.75) is 45.4 Å². The van der Waals surface area contributed by atoms with E-state index in [0.29, 0.717) is 18.3 Å². The third-order valence-electron chi connectivity index (χ3n) is 4.71. The maximum Gasteiger partial charge on any atom is 0.222 e. The van der Waals surface area contributed by atoms with Gasteiger partial charge < -0.3 is 15.0 Å². The predicted molar refractivity (Wildman–Crippen MR) is 94.2 cm³/mol. The van der Waals surface area contributed by atoms with Gasteiger partial charge in [0.15, 0.2) is 0 Å². The fourth-order valence-corrected chi connectivity index (χ4v) is 3.09. The van der Waals surface area contributed by atoms with Crippen LogP contribution in [0, 0.1) is 0 Å². The van der Waals surface area contributed by atoms with Crippen LogP contribution >= 0.6 is 0 Å². The van der Waals surface area contributed by atoms with Gasteiger partial charge in [-0.2, -0.15) is 0 Å². The number of ether oxygens (including phenoxy) is 1. The summed E-state index contributed by atoms with van der Waals surface area (Å²) in [5, 5.41) is 3.28. The highest BCUT2D eigenvalue weighted by molar-refractivity contribution is 5.76. The Balaban J connectivity index is 1.96. The Morgan fingerprint density at radius 3 is 2.57 bits per heavy atom. The minimum Gasteiger partial charge on any atom is -0.496 e. The van der Waals surface area contributed by atoms with E-state index in [2.05, 4.69) is 44.3 Å². The topological polar surface area (TPSA) is 41.6 Å². The molecular formula is C19H30N2O2. The fourth-order valence-electron chi connectivity index (χ4n) is 3.09. The van der Waals surface area contributed by atoms with Gasteiger partial charge in [0.2, 0.25) is 5.91 Å². The number of rotatable bonds is 6. The van der Waals surface area contributed by atoms with Crippen molar-refractivity contribution >= 4 is 5.91 Å². The first-order chi connectivity index (χ1) is 11.0. The van der Waals surface area contributed by atoms with E-state index in [-0.39, 0.29) is 5.91 Å². The lowest BCUT2D eigenvalue weighted by molar-refractivity contribution is -0.131. The fraction of sp³-hybridized carbons (Fsp3) is 0.632. The molecule has 0 saturated carbocycles. The maximum absolute atomic E-state index is 12.3. The molecule has 23 heavy (non-hydrogen) atoms. The second-order valence-corrected chi connectivity index (χ2v) is 6.73. The molecule has 1 aromatic carbocycles. The summed E-state index contributed by atoms with van der Waals surface area (Å²) in [6, 6.07) is 6.42. The zero-order valence-corrected chi connectivity index (χ0v) is 14.9. The monoisotopic (exact) mass is 318 g/mol. The summed E-state index contributed by atoms with van der Waals surface area (Å²) >= 11 is 0. The molecule has 0 aromatic heterocycles. The highest BCUT2D eigenvalue weighted by atomic mass is 16.5. The van der Waals surface area contributed by atoms with Crippen LogP contribution in [-0.4, -0.2) is 44.1 Å². The zero-order valence-electron chi connectivity index (χ0n) is 14.9. The standard InChI is InChI=1S/C19H30N2O2/c1-14(2)17-13-16(6-7-18(17)23-4)15(3)5-8-19(22)21-11-9-20-10-12-21/h6-7,13-15,20H,5,8-12H2,1-4H3. The van der Waals surface area contributed by atoms with E-state index in [9.17, 15) is 4.79 Å². The maximum atomic E-state index is 12.3. The number of piperazine rings is 1. The average Bonchev–Trinajstić information content (AvgIpc) is 2.59. The van der Waals surface area contributed by atoms with Gasteiger partial charge >= 0.3 is 0 Å². The number of methoxy groups -OCH3 is 1. The number of benzene rings is 1. The molecule has 4 nitrogen and oxygen atoms in total. The van der Waals surface area contributed by atoms with Gasteiger partial charge in [0.05, 0.1) is 7.11 Å². The largest absolute Gasteiger partial charge is 0.496 e. The Kier molecular flexibility index (Phi) is 6.46. The molecule has 1 amide bonds. The summed E-state index contributed by atoms with van der Waals surface area (Å²) in [7, 11) is 1.72. The third kappa shape index (κ3) is 4.71. The molecule has 128 valence electrons. The molecular weight excluding hydrogens is 288 g/mol. The SMILES string of the molecule is COc1ccc(C(C)CCC(=O)N2CCNCC2)cc1C(C)C. The molecule has 0 spiro atoms. The second-order valence-electron chi connectivity index (χ2n) is 6.73. The van der Waals surface area contributed by atoms with Crippen molar-refractivity contribution in [1.29, 1.82) is 0 Å². The minimum atomic E-state index is 0.288. The van der Waals surface area contributed by atoms with E-state index in [4.69, 9.17) is 4.74 Å². The average molecular weight is 318 g/mol. The number of carbonyl (C=O) groups is 1. The summed E-state index contributed by atoms with van der Waals surface area (Å²) in [5.41, 5.74) is 2.54. The Bertz CT molecular complexity index is 522. The number of carbonyl (C=O) groups excluding carboxylic acids is 1. The summed E-state index contributed by atoms with van der Waals surface area (Å²) in [6.07, 6.45) is 1.52. The van der Waals surface area contributed by atoms with Gasteiger partial charge in [-0.1, -0.05) is 32.9 Å². The summed E-state index contributed by atoms with van der Waals surface area (Å²) in [6.45, 7) is 10.1. The van der Waals surface area contributed by atoms with Crippen molar-refractivity contribution in [2.75, 3.05) is 33.3 Å². The van der Waals surface area contributed by atoms with Crippen LogP contribution in [0.25, 0.3) is 0 Å². The summed E-state index contributed by atoms with van der Waals surface area (Å²) in [4.78, 5) is 14.3. The smallest absolute Gasteiger partial charge is 0.222 e. The zero-order chi connectivity index (χ0) is 16.8. The van der Waals surface area contributed by atoms with Crippen molar-refractivity contribution in [2.24, 2.45) is 0 Å². The van der Waals surface area contributed by atoms with E-state index in [1.807, 2.05) is 4.90 Å². The lowest BCUT2D eigenvalue weighted by atomic mass is 9.91. The van der Waals surface area contributed by atoms with Gasteiger partial charge in [-0.15, -0.1) is 0 Å². The summed E-state index contributed by atoms with van der Waals surface area (Å²) in [5.74, 6) is 2.05. The van der Waals surface area contributed by atoms with Crippen LogP contribution in [0.15, 0.2) is 18.2 Å². The first-order valence-corrected chi connectivity index (χ1v) is 8.69. The van der Waals surface area contributed by atoms with E-state index in [1.54, 1.807) is 7.11 Å². The van der Waals surface area contributed by atoms with Gasteiger partial charge in [0, 0.05) is 32.6 Å². The molecule has 1 atom stereocenters. The normalized spacial score (nSPS) is 16.5. The molecule has 1 aliphatic heterocycles. The Morgan fingerprint density at radius 1 is 1.26 bits per heavy atom. The lowest BCUT2D eigenvalue weighted by Gasteiger charge is -2.28. The minimum absolute atomic E-state index is 0.288. The quantitative estimate of drug-likeness (QED) is 0.876. The van der Waals surface area contributed by atoms with Gasteiger partial charge in [-0.3, -0.25) is 4.79 Å². The van der Waals surface area contributed by atoms with E-state index in [0.717, 1.165) is 38.3 Å². The van der Waals surface area contributed by atoms with Crippen LogP contribution in [0.4, 0.5) is 0 Å². The Morgan fingerprint density at radius 2 is 1.96 bits per heavy atom. The van der Waals surface area contributed by atoms with Gasteiger partial charge in [0.1, 0.15) is 5.75 Å². The van der Waals surface area contributed by atoms with Gasteiger partial charge in [-0.25, -0.2) is 0 Å². The molecule has 0 aliphatic carbocycles. The molecule has 1 fully saturated rings. The first-order valence-electron chi connectivity index (χ1n) is 8.69. The molecule has 4 heteroatoms. The number of nitrogens with one attached hydrogen (secondary N) is 1. The molecule has 1 N–H and O–H groups in total. The van der Waals surface area contributed by atoms with Crippen LogP contribution in [-0.2, 0) is 4.79 Å². The molecule has 1 saturated heterocycles. The highest BCUT2D eigenvalue weighted by Crippen LogP contribution is 2.31. The van der Waals surface area contributed by atoms with Crippen LogP contribution in [0.1, 0.15) is 56.6 Å². The van der Waals surface area contributed by atoms with Crippen LogP contribution in [0.3, 0.4) is 0 Å². The van der Waals surface area contributed by atoms with Crippen molar-refractivity contribution in [1.82, 2.24) is 10.2 Å². The molecule has 1 heterocycles. The molecule has 2 rings (SSSR count).